The molecule has 1 aliphatic rings. The number of rotatable bonds is 6. The zero-order chi connectivity index (χ0) is 21.2. The number of hydrogen-bond acceptors (Lipinski definition) is 6. The number of halogens is 1. The fraction of sp³-hybridized carbons (Fsp3) is 0.381. The molecule has 4 aromatic rings. The first-order valence-electron chi connectivity index (χ1n) is 10.4. The number of fused-ring (bicyclic) bond motifs is 1. The van der Waals surface area contributed by atoms with Crippen molar-refractivity contribution in [3.05, 3.63) is 59.7 Å². The van der Waals surface area contributed by atoms with E-state index in [1.165, 1.54) is 17.0 Å². The van der Waals surface area contributed by atoms with Crippen molar-refractivity contribution >= 4 is 11.0 Å². The minimum Gasteiger partial charge on any atom is -0.497 e. The lowest BCUT2D eigenvalue weighted by Crippen LogP contribution is -3.11. The van der Waals surface area contributed by atoms with E-state index >= 15 is 0 Å². The second-order valence-electron chi connectivity index (χ2n) is 7.93. The van der Waals surface area contributed by atoms with Crippen LogP contribution in [0.3, 0.4) is 0 Å². The Labute approximate surface area is 178 Å². The van der Waals surface area contributed by atoms with E-state index in [2.05, 4.69) is 25.8 Å². The van der Waals surface area contributed by atoms with Gasteiger partial charge in [-0.15, -0.1) is 10.2 Å². The molecule has 2 aromatic carbocycles. The fourth-order valence-electron chi connectivity index (χ4n) is 4.22. The van der Waals surface area contributed by atoms with Crippen LogP contribution in [0, 0.1) is 5.82 Å². The van der Waals surface area contributed by atoms with Gasteiger partial charge in [0.25, 0.3) is 0 Å². The zero-order valence-corrected chi connectivity index (χ0v) is 17.3. The standard InChI is InChI=1S/C21H23FN8O/c1-31-18-5-2-15(3-6-18)13-29-21(24-25-27-29)14-28-10-8-17(9-11-28)30-20-7-4-16(22)12-19(20)23-26-30/h2-7,12,17H,8-11,13-14H2,1H3/p+1. The number of nitrogens with zero attached hydrogens (tertiary/aromatic N) is 7. The Morgan fingerprint density at radius 1 is 1.06 bits per heavy atom. The SMILES string of the molecule is COc1ccc(Cn2nnnc2C[NH+]2CCC(n3nnc4cc(F)ccc43)CC2)cc1. The van der Waals surface area contributed by atoms with Gasteiger partial charge in [0.05, 0.1) is 38.3 Å². The van der Waals surface area contributed by atoms with E-state index in [0.29, 0.717) is 12.1 Å². The zero-order valence-electron chi connectivity index (χ0n) is 17.3. The van der Waals surface area contributed by atoms with Crippen LogP contribution in [0.25, 0.3) is 11.0 Å². The van der Waals surface area contributed by atoms with Gasteiger partial charge in [-0.3, -0.25) is 0 Å². The average molecular weight is 423 g/mol. The second kappa shape index (κ2) is 8.38. The van der Waals surface area contributed by atoms with E-state index in [4.69, 9.17) is 4.74 Å². The van der Waals surface area contributed by atoms with E-state index in [0.717, 1.165) is 55.1 Å². The van der Waals surface area contributed by atoms with Crippen molar-refractivity contribution in [1.29, 1.82) is 0 Å². The summed E-state index contributed by atoms with van der Waals surface area (Å²) in [6.07, 6.45) is 1.95. The summed E-state index contributed by atoms with van der Waals surface area (Å²) in [7, 11) is 1.66. The van der Waals surface area contributed by atoms with Crippen molar-refractivity contribution in [1.82, 2.24) is 35.2 Å². The second-order valence-corrected chi connectivity index (χ2v) is 7.93. The lowest BCUT2D eigenvalue weighted by Gasteiger charge is -2.29. The minimum atomic E-state index is -0.286. The summed E-state index contributed by atoms with van der Waals surface area (Å²) in [6.45, 7) is 3.38. The molecule has 10 heteroatoms. The third kappa shape index (κ3) is 4.11. The highest BCUT2D eigenvalue weighted by Gasteiger charge is 2.27. The van der Waals surface area contributed by atoms with Crippen LogP contribution in [0.1, 0.15) is 30.3 Å². The summed E-state index contributed by atoms with van der Waals surface area (Å²) in [5.74, 6) is 1.43. The van der Waals surface area contributed by atoms with Gasteiger partial charge >= 0.3 is 0 Å². The normalized spacial score (nSPS) is 19.0. The van der Waals surface area contributed by atoms with Gasteiger partial charge in [-0.25, -0.2) is 13.8 Å². The smallest absolute Gasteiger partial charge is 0.206 e. The van der Waals surface area contributed by atoms with Crippen LogP contribution in [0.2, 0.25) is 0 Å². The first-order chi connectivity index (χ1) is 15.2. The molecule has 9 nitrogen and oxygen atoms in total. The minimum absolute atomic E-state index is 0.273. The fourth-order valence-corrected chi connectivity index (χ4v) is 4.22. The monoisotopic (exact) mass is 423 g/mol. The molecule has 0 aliphatic carbocycles. The predicted molar refractivity (Wildman–Crippen MR) is 110 cm³/mol. The Balaban J connectivity index is 1.21. The van der Waals surface area contributed by atoms with Crippen LogP contribution in [0.4, 0.5) is 4.39 Å². The number of ether oxygens (including phenoxy) is 1. The molecule has 0 saturated carbocycles. The molecule has 0 atom stereocenters. The first-order valence-corrected chi connectivity index (χ1v) is 10.4. The van der Waals surface area contributed by atoms with E-state index < -0.39 is 0 Å². The molecule has 3 heterocycles. The third-order valence-electron chi connectivity index (χ3n) is 5.95. The lowest BCUT2D eigenvalue weighted by molar-refractivity contribution is -0.920. The number of nitrogens with one attached hydrogen (secondary N) is 1. The van der Waals surface area contributed by atoms with Crippen LogP contribution >= 0.6 is 0 Å². The van der Waals surface area contributed by atoms with Gasteiger partial charge < -0.3 is 9.64 Å². The summed E-state index contributed by atoms with van der Waals surface area (Å²) in [5, 5.41) is 20.7. The number of methoxy groups -OCH3 is 1. The molecule has 0 spiro atoms. The van der Waals surface area contributed by atoms with Gasteiger partial charge in [0.15, 0.2) is 0 Å². The molecule has 0 amide bonds. The number of piperidine rings is 1. The summed E-state index contributed by atoms with van der Waals surface area (Å²) in [4.78, 5) is 1.44. The highest BCUT2D eigenvalue weighted by molar-refractivity contribution is 5.74. The van der Waals surface area contributed by atoms with Crippen molar-refractivity contribution in [2.75, 3.05) is 20.2 Å². The molecule has 160 valence electrons. The Morgan fingerprint density at radius 3 is 2.65 bits per heavy atom. The van der Waals surface area contributed by atoms with Gasteiger partial charge in [-0.2, -0.15) is 0 Å². The van der Waals surface area contributed by atoms with E-state index in [9.17, 15) is 4.39 Å². The van der Waals surface area contributed by atoms with Crippen molar-refractivity contribution < 1.29 is 14.0 Å². The number of tetrazole rings is 1. The topological polar surface area (TPSA) is 88.0 Å². The van der Waals surface area contributed by atoms with Gasteiger partial charge in [0, 0.05) is 18.9 Å². The maximum absolute atomic E-state index is 13.4. The number of hydrogen-bond donors (Lipinski definition) is 1. The predicted octanol–water partition coefficient (Wildman–Crippen LogP) is 1.03. The van der Waals surface area contributed by atoms with Crippen LogP contribution in [0.5, 0.6) is 5.75 Å². The Kier molecular flexibility index (Phi) is 5.29. The summed E-state index contributed by atoms with van der Waals surface area (Å²) >= 11 is 0. The summed E-state index contributed by atoms with van der Waals surface area (Å²) < 4.78 is 22.4. The van der Waals surface area contributed by atoms with Crippen molar-refractivity contribution in [3.63, 3.8) is 0 Å². The van der Waals surface area contributed by atoms with Crippen LogP contribution in [-0.2, 0) is 13.1 Å². The van der Waals surface area contributed by atoms with Gasteiger partial charge in [-0.1, -0.05) is 17.3 Å². The molecule has 0 bridgehead atoms. The highest BCUT2D eigenvalue weighted by Crippen LogP contribution is 2.22. The maximum Gasteiger partial charge on any atom is 0.206 e. The Morgan fingerprint density at radius 2 is 1.87 bits per heavy atom. The number of benzene rings is 2. The van der Waals surface area contributed by atoms with Crippen LogP contribution < -0.4 is 9.64 Å². The molecule has 5 rings (SSSR count). The average Bonchev–Trinajstić information content (AvgIpc) is 3.41. The molecule has 2 aromatic heterocycles. The molecule has 1 aliphatic heterocycles. The molecule has 1 N–H and O–H groups in total. The molecule has 0 unspecified atom stereocenters. The Hall–Kier alpha value is -3.40. The number of quaternary nitrogens is 1. The molecular formula is C21H24FN8O+. The first kappa shape index (κ1) is 19.6. The Bertz CT molecular complexity index is 1160. The number of aromatic nitrogens is 7. The number of likely N-dealkylation sites (tertiary alicyclic amines) is 1. The maximum atomic E-state index is 13.4. The molecule has 0 radical (unpaired) electrons. The van der Waals surface area contributed by atoms with Crippen molar-refractivity contribution in [2.24, 2.45) is 0 Å². The quantitative estimate of drug-likeness (QED) is 0.499. The molecular weight excluding hydrogens is 399 g/mol. The van der Waals surface area contributed by atoms with Gasteiger partial charge in [-0.05, 0) is 40.3 Å². The van der Waals surface area contributed by atoms with Gasteiger partial charge in [0.2, 0.25) is 5.82 Å². The van der Waals surface area contributed by atoms with Crippen LogP contribution in [0.15, 0.2) is 42.5 Å². The third-order valence-corrected chi connectivity index (χ3v) is 5.95. The van der Waals surface area contributed by atoms with E-state index in [1.54, 1.807) is 13.2 Å². The molecule has 1 fully saturated rings. The van der Waals surface area contributed by atoms with E-state index in [-0.39, 0.29) is 11.9 Å². The highest BCUT2D eigenvalue weighted by atomic mass is 19.1. The molecule has 1 saturated heterocycles. The molecule has 31 heavy (non-hydrogen) atoms. The van der Waals surface area contributed by atoms with E-state index in [1.807, 2.05) is 33.6 Å². The largest absolute Gasteiger partial charge is 0.497 e. The summed E-state index contributed by atoms with van der Waals surface area (Å²) in [5.41, 5.74) is 2.61. The lowest BCUT2D eigenvalue weighted by atomic mass is 10.0. The summed E-state index contributed by atoms with van der Waals surface area (Å²) in [6, 6.07) is 12.9. The van der Waals surface area contributed by atoms with Crippen molar-refractivity contribution in [3.8, 4) is 5.75 Å². The van der Waals surface area contributed by atoms with Crippen LogP contribution in [-0.4, -0.2) is 55.4 Å². The van der Waals surface area contributed by atoms with Gasteiger partial charge in [0.1, 0.15) is 23.6 Å². The van der Waals surface area contributed by atoms with Crippen molar-refractivity contribution in [2.45, 2.75) is 32.0 Å².